The van der Waals surface area contributed by atoms with Crippen LogP contribution >= 0.6 is 11.6 Å². The Morgan fingerprint density at radius 3 is 2.33 bits per heavy atom. The second-order valence-corrected chi connectivity index (χ2v) is 6.91. The maximum Gasteiger partial charge on any atom is 0.205 e. The van der Waals surface area contributed by atoms with E-state index < -0.39 is 5.54 Å². The van der Waals surface area contributed by atoms with Crippen LogP contribution in [0.4, 0.5) is 5.69 Å². The maximum atomic E-state index is 13.3. The third-order valence-corrected chi connectivity index (χ3v) is 5.10. The molecule has 5 nitrogen and oxygen atoms in total. The molecule has 0 fully saturated rings. The second kappa shape index (κ2) is 6.30. The van der Waals surface area contributed by atoms with Crippen LogP contribution in [0.5, 0.6) is 0 Å². The molecule has 1 aliphatic carbocycles. The summed E-state index contributed by atoms with van der Waals surface area (Å²) in [6.07, 6.45) is 2.76. The summed E-state index contributed by atoms with van der Waals surface area (Å²) in [4.78, 5) is 30.2. The first-order chi connectivity index (χ1) is 12.9. The highest BCUT2D eigenvalue weighted by molar-refractivity contribution is 6.57. The minimum absolute atomic E-state index is 0.0125. The average molecular weight is 379 g/mol. The molecule has 1 heterocycles. The Morgan fingerprint density at radius 1 is 1.00 bits per heavy atom. The molecule has 2 aromatic rings. The van der Waals surface area contributed by atoms with Crippen molar-refractivity contribution < 1.29 is 14.8 Å². The molecule has 1 N–H and O–H groups in total. The number of Topliss-reactive ketones (excluding diaryl/α,β-unsaturated/α-hetero) is 1. The number of hydroxylamine groups is 2. The highest BCUT2D eigenvalue weighted by Gasteiger charge is 2.52. The van der Waals surface area contributed by atoms with Crippen molar-refractivity contribution in [3.8, 4) is 0 Å². The summed E-state index contributed by atoms with van der Waals surface area (Å²) in [6, 6.07) is 15.6. The normalized spacial score (nSPS) is 23.4. The van der Waals surface area contributed by atoms with Gasteiger partial charge in [0.05, 0.1) is 17.0 Å². The molecule has 134 valence electrons. The van der Waals surface area contributed by atoms with Gasteiger partial charge in [-0.3, -0.25) is 14.8 Å². The zero-order valence-electron chi connectivity index (χ0n) is 14.4. The number of carbonyl (C=O) groups excluding carboxylic acids is 2. The lowest BCUT2D eigenvalue weighted by Crippen LogP contribution is -2.42. The van der Waals surface area contributed by atoms with Crippen molar-refractivity contribution in [3.05, 3.63) is 88.6 Å². The fraction of sp³-hybridized carbons (Fsp3) is 0.0952. The number of rotatable bonds is 2. The lowest BCUT2D eigenvalue weighted by Gasteiger charge is -2.31. The quantitative estimate of drug-likeness (QED) is 0.802. The molecule has 27 heavy (non-hydrogen) atoms. The first kappa shape index (κ1) is 17.4. The van der Waals surface area contributed by atoms with Crippen LogP contribution in [0, 0.1) is 0 Å². The van der Waals surface area contributed by atoms with Gasteiger partial charge >= 0.3 is 0 Å². The van der Waals surface area contributed by atoms with Gasteiger partial charge in [-0.25, -0.2) is 10.1 Å². The number of allylic oxidation sites excluding steroid dienone is 2. The van der Waals surface area contributed by atoms with Gasteiger partial charge in [-0.15, -0.1) is 0 Å². The predicted molar refractivity (Wildman–Crippen MR) is 102 cm³/mol. The lowest BCUT2D eigenvalue weighted by molar-refractivity contribution is -0.151. The highest BCUT2D eigenvalue weighted by Crippen LogP contribution is 2.42. The summed E-state index contributed by atoms with van der Waals surface area (Å²) in [5.41, 5.74) is 0.180. The molecule has 2 aliphatic rings. The van der Waals surface area contributed by atoms with Gasteiger partial charge in [0.25, 0.3) is 0 Å². The van der Waals surface area contributed by atoms with Gasteiger partial charge in [0.2, 0.25) is 5.78 Å². The summed E-state index contributed by atoms with van der Waals surface area (Å²) in [6.45, 7) is 1.63. The Hall–Kier alpha value is -3.02. The number of ketones is 2. The van der Waals surface area contributed by atoms with Crippen LogP contribution in [-0.2, 0) is 15.1 Å². The molecule has 6 heteroatoms. The van der Waals surface area contributed by atoms with Gasteiger partial charge in [0, 0.05) is 5.02 Å². The number of nitrogens with zero attached hydrogens (tertiary/aromatic N) is 2. The monoisotopic (exact) mass is 378 g/mol. The molecule has 0 saturated heterocycles. The summed E-state index contributed by atoms with van der Waals surface area (Å²) in [5, 5.41) is 12.3. The van der Waals surface area contributed by atoms with Crippen molar-refractivity contribution in [2.24, 2.45) is 4.99 Å². The number of benzene rings is 2. The van der Waals surface area contributed by atoms with Crippen LogP contribution in [0.15, 0.2) is 83.0 Å². The third-order valence-electron chi connectivity index (χ3n) is 4.84. The number of aliphatic imine (C=N–C) groups is 1. The molecular formula is C21H15ClN2O3. The zero-order chi connectivity index (χ0) is 19.2. The largest absolute Gasteiger partial charge is 0.291 e. The van der Waals surface area contributed by atoms with Gasteiger partial charge in [-0.1, -0.05) is 41.9 Å². The van der Waals surface area contributed by atoms with Crippen LogP contribution in [0.2, 0.25) is 5.02 Å². The van der Waals surface area contributed by atoms with Crippen molar-refractivity contribution in [1.29, 1.82) is 0 Å². The summed E-state index contributed by atoms with van der Waals surface area (Å²) >= 11 is 5.89. The molecule has 0 spiro atoms. The Bertz CT molecular complexity index is 1040. The van der Waals surface area contributed by atoms with Gasteiger partial charge in [-0.05, 0) is 48.9 Å². The summed E-state index contributed by atoms with van der Waals surface area (Å²) in [5.74, 6) is -0.764. The van der Waals surface area contributed by atoms with Crippen molar-refractivity contribution in [1.82, 2.24) is 5.06 Å². The Morgan fingerprint density at radius 2 is 1.67 bits per heavy atom. The van der Waals surface area contributed by atoms with Crippen LogP contribution in [0.3, 0.4) is 0 Å². The van der Waals surface area contributed by atoms with E-state index in [-0.39, 0.29) is 28.5 Å². The molecule has 1 unspecified atom stereocenters. The third kappa shape index (κ3) is 2.63. The van der Waals surface area contributed by atoms with E-state index in [9.17, 15) is 14.8 Å². The van der Waals surface area contributed by atoms with Crippen molar-refractivity contribution in [2.75, 3.05) is 0 Å². The Labute approximate surface area is 160 Å². The number of halogens is 1. The van der Waals surface area contributed by atoms with Crippen molar-refractivity contribution in [3.63, 3.8) is 0 Å². The molecule has 0 aromatic heterocycles. The van der Waals surface area contributed by atoms with Crippen LogP contribution in [0.25, 0.3) is 0 Å². The predicted octanol–water partition coefficient (Wildman–Crippen LogP) is 3.99. The van der Waals surface area contributed by atoms with E-state index in [1.807, 2.05) is 6.07 Å². The standard InChI is InChI=1S/C21H15ClN2O3/c1-21(13-5-3-2-4-6-13)20(26)18-16(24(21)27)11-12-17(25)19(18)23-15-9-7-14(22)8-10-15/h2-12,27H,1H3. The SMILES string of the molecule is CC1(c2ccccc2)C(=O)C2=C(C=CC(=O)C2=Nc2ccc(Cl)cc2)N1O. The lowest BCUT2D eigenvalue weighted by atomic mass is 9.84. The Balaban J connectivity index is 1.84. The van der Waals surface area contributed by atoms with Gasteiger partial charge < -0.3 is 0 Å². The first-order valence-electron chi connectivity index (χ1n) is 8.33. The molecule has 1 aliphatic heterocycles. The van der Waals surface area contributed by atoms with E-state index in [0.717, 1.165) is 5.06 Å². The fourth-order valence-corrected chi connectivity index (χ4v) is 3.44. The van der Waals surface area contributed by atoms with E-state index in [4.69, 9.17) is 11.6 Å². The molecule has 2 aromatic carbocycles. The van der Waals surface area contributed by atoms with Crippen LogP contribution in [-0.4, -0.2) is 27.5 Å². The summed E-state index contributed by atoms with van der Waals surface area (Å²) in [7, 11) is 0. The molecular weight excluding hydrogens is 364 g/mol. The van der Waals surface area contributed by atoms with Crippen molar-refractivity contribution in [2.45, 2.75) is 12.5 Å². The molecule has 1 atom stereocenters. The number of hydrogen-bond donors (Lipinski definition) is 1. The number of hydrogen-bond acceptors (Lipinski definition) is 5. The molecule has 0 bridgehead atoms. The second-order valence-electron chi connectivity index (χ2n) is 6.47. The molecule has 4 rings (SSSR count). The fourth-order valence-electron chi connectivity index (χ4n) is 3.31. The Kier molecular flexibility index (Phi) is 4.06. The van der Waals surface area contributed by atoms with Crippen molar-refractivity contribution >= 4 is 34.6 Å². The highest BCUT2D eigenvalue weighted by atomic mass is 35.5. The molecule has 0 saturated carbocycles. The van der Waals surface area contributed by atoms with E-state index in [1.165, 1.54) is 12.2 Å². The van der Waals surface area contributed by atoms with Gasteiger partial charge in [-0.2, -0.15) is 0 Å². The van der Waals surface area contributed by atoms with E-state index in [2.05, 4.69) is 4.99 Å². The van der Waals surface area contributed by atoms with Crippen LogP contribution < -0.4 is 0 Å². The minimum Gasteiger partial charge on any atom is -0.291 e. The van der Waals surface area contributed by atoms with Gasteiger partial charge in [0.15, 0.2) is 11.3 Å². The minimum atomic E-state index is -1.33. The molecule has 0 amide bonds. The maximum absolute atomic E-state index is 13.3. The zero-order valence-corrected chi connectivity index (χ0v) is 15.1. The topological polar surface area (TPSA) is 70.0 Å². The summed E-state index contributed by atoms with van der Waals surface area (Å²) < 4.78 is 0. The van der Waals surface area contributed by atoms with Gasteiger partial charge in [0.1, 0.15) is 5.71 Å². The van der Waals surface area contributed by atoms with E-state index in [0.29, 0.717) is 16.3 Å². The molecule has 0 radical (unpaired) electrons. The van der Waals surface area contributed by atoms with E-state index >= 15 is 0 Å². The number of carbonyl (C=O) groups is 2. The first-order valence-corrected chi connectivity index (χ1v) is 8.71. The van der Waals surface area contributed by atoms with E-state index in [1.54, 1.807) is 55.5 Å². The van der Waals surface area contributed by atoms with Crippen LogP contribution in [0.1, 0.15) is 12.5 Å². The smallest absolute Gasteiger partial charge is 0.205 e. The average Bonchev–Trinajstić information content (AvgIpc) is 2.88.